The molecule has 20 heavy (non-hydrogen) atoms. The van der Waals surface area contributed by atoms with Crippen molar-refractivity contribution in [2.24, 2.45) is 0 Å². The van der Waals surface area contributed by atoms with Crippen LogP contribution in [0.3, 0.4) is 0 Å². The molecule has 0 saturated heterocycles. The van der Waals surface area contributed by atoms with Gasteiger partial charge < -0.3 is 10.1 Å². The molecule has 0 aliphatic carbocycles. The van der Waals surface area contributed by atoms with Crippen LogP contribution in [0.5, 0.6) is 5.75 Å². The summed E-state index contributed by atoms with van der Waals surface area (Å²) in [4.78, 5) is 22.5. The Bertz CT molecular complexity index is 484. The molecule has 0 atom stereocenters. The molecule has 1 rings (SSSR count). The second kappa shape index (κ2) is 7.47. The Hall–Kier alpha value is -2.11. The van der Waals surface area contributed by atoms with Gasteiger partial charge in [0.25, 0.3) is 5.91 Å². The van der Waals surface area contributed by atoms with Gasteiger partial charge in [0.1, 0.15) is 0 Å². The predicted octanol–water partition coefficient (Wildman–Crippen LogP) is 2.91. The van der Waals surface area contributed by atoms with Gasteiger partial charge in [0.15, 0.2) is 5.75 Å². The first-order valence-corrected chi connectivity index (χ1v) is 6.75. The SMILES string of the molecule is CCOc1ccc(C(=O)NC(CC)CC)cc1[N+](=O)[O-]. The molecule has 0 aliphatic rings. The van der Waals surface area contributed by atoms with Crippen LogP contribution in [0.15, 0.2) is 18.2 Å². The fourth-order valence-corrected chi connectivity index (χ4v) is 1.84. The van der Waals surface area contributed by atoms with Gasteiger partial charge in [0, 0.05) is 17.7 Å². The zero-order chi connectivity index (χ0) is 15.1. The van der Waals surface area contributed by atoms with Crippen molar-refractivity contribution in [3.05, 3.63) is 33.9 Å². The molecule has 0 unspecified atom stereocenters. The highest BCUT2D eigenvalue weighted by Crippen LogP contribution is 2.28. The zero-order valence-corrected chi connectivity index (χ0v) is 12.0. The molecule has 0 spiro atoms. The number of nitrogens with one attached hydrogen (secondary N) is 1. The molecule has 0 bridgehead atoms. The summed E-state index contributed by atoms with van der Waals surface area (Å²) >= 11 is 0. The van der Waals surface area contributed by atoms with Crippen molar-refractivity contribution in [2.75, 3.05) is 6.61 Å². The quantitative estimate of drug-likeness (QED) is 0.615. The first kappa shape index (κ1) is 15.9. The monoisotopic (exact) mass is 280 g/mol. The van der Waals surface area contributed by atoms with Crippen molar-refractivity contribution in [1.82, 2.24) is 5.32 Å². The molecule has 0 radical (unpaired) electrons. The second-order valence-electron chi connectivity index (χ2n) is 4.36. The largest absolute Gasteiger partial charge is 0.487 e. The van der Waals surface area contributed by atoms with Crippen molar-refractivity contribution < 1.29 is 14.5 Å². The van der Waals surface area contributed by atoms with Crippen molar-refractivity contribution >= 4 is 11.6 Å². The molecule has 0 aromatic heterocycles. The van der Waals surface area contributed by atoms with Gasteiger partial charge >= 0.3 is 5.69 Å². The number of carbonyl (C=O) groups excluding carboxylic acids is 1. The predicted molar refractivity (Wildman–Crippen MR) is 76.1 cm³/mol. The van der Waals surface area contributed by atoms with Crippen LogP contribution in [0, 0.1) is 10.1 Å². The fraction of sp³-hybridized carbons (Fsp3) is 0.500. The minimum atomic E-state index is -0.543. The van der Waals surface area contributed by atoms with E-state index < -0.39 is 4.92 Å². The molecule has 6 nitrogen and oxygen atoms in total. The lowest BCUT2D eigenvalue weighted by Gasteiger charge is -2.14. The van der Waals surface area contributed by atoms with Crippen molar-refractivity contribution in [2.45, 2.75) is 39.7 Å². The van der Waals surface area contributed by atoms with Crippen LogP contribution in [-0.2, 0) is 0 Å². The van der Waals surface area contributed by atoms with Crippen LogP contribution in [0.1, 0.15) is 44.0 Å². The first-order valence-electron chi connectivity index (χ1n) is 6.75. The molecule has 0 aliphatic heterocycles. The number of nitro groups is 1. The highest BCUT2D eigenvalue weighted by atomic mass is 16.6. The Labute approximate surface area is 118 Å². The molecule has 0 heterocycles. The fourth-order valence-electron chi connectivity index (χ4n) is 1.84. The number of nitrogens with zero attached hydrogens (tertiary/aromatic N) is 1. The Kier molecular flexibility index (Phi) is 5.96. The lowest BCUT2D eigenvalue weighted by Crippen LogP contribution is -2.33. The number of hydrogen-bond donors (Lipinski definition) is 1. The third-order valence-corrected chi connectivity index (χ3v) is 3.04. The van der Waals surface area contributed by atoms with Gasteiger partial charge in [-0.15, -0.1) is 0 Å². The minimum Gasteiger partial charge on any atom is -0.487 e. The number of nitro benzene ring substituents is 1. The first-order chi connectivity index (χ1) is 9.53. The van der Waals surface area contributed by atoms with E-state index in [2.05, 4.69) is 5.32 Å². The number of benzene rings is 1. The zero-order valence-electron chi connectivity index (χ0n) is 12.0. The number of hydrogen-bond acceptors (Lipinski definition) is 4. The van der Waals surface area contributed by atoms with Crippen molar-refractivity contribution in [1.29, 1.82) is 0 Å². The van der Waals surface area contributed by atoms with Gasteiger partial charge in [-0.25, -0.2) is 0 Å². The van der Waals surface area contributed by atoms with E-state index in [-0.39, 0.29) is 28.9 Å². The Morgan fingerprint density at radius 2 is 2.00 bits per heavy atom. The van der Waals surface area contributed by atoms with E-state index in [4.69, 9.17) is 4.74 Å². The van der Waals surface area contributed by atoms with Gasteiger partial charge in [0.05, 0.1) is 11.5 Å². The van der Waals surface area contributed by atoms with Gasteiger partial charge in [-0.05, 0) is 31.9 Å². The second-order valence-corrected chi connectivity index (χ2v) is 4.36. The highest BCUT2D eigenvalue weighted by Gasteiger charge is 2.19. The molecule has 6 heteroatoms. The molecule has 1 N–H and O–H groups in total. The maximum Gasteiger partial charge on any atom is 0.311 e. The maximum absolute atomic E-state index is 12.0. The smallest absolute Gasteiger partial charge is 0.311 e. The third kappa shape index (κ3) is 3.94. The van der Waals surface area contributed by atoms with E-state index in [0.717, 1.165) is 12.8 Å². The van der Waals surface area contributed by atoms with Gasteiger partial charge in [-0.2, -0.15) is 0 Å². The maximum atomic E-state index is 12.0. The molecule has 1 aromatic carbocycles. The van der Waals surface area contributed by atoms with Gasteiger partial charge in [-0.3, -0.25) is 14.9 Å². The standard InChI is InChI=1S/C14H20N2O4/c1-4-11(5-2)15-14(17)10-7-8-13(20-6-3)12(9-10)16(18)19/h7-9,11H,4-6H2,1-3H3,(H,15,17). The topological polar surface area (TPSA) is 81.5 Å². The van der Waals surface area contributed by atoms with Crippen LogP contribution < -0.4 is 10.1 Å². The van der Waals surface area contributed by atoms with Crippen LogP contribution in [0.2, 0.25) is 0 Å². The third-order valence-electron chi connectivity index (χ3n) is 3.04. The van der Waals surface area contributed by atoms with Gasteiger partial charge in [-0.1, -0.05) is 13.8 Å². The molecule has 1 amide bonds. The summed E-state index contributed by atoms with van der Waals surface area (Å²) in [7, 11) is 0. The van der Waals surface area contributed by atoms with E-state index >= 15 is 0 Å². The number of carbonyl (C=O) groups is 1. The van der Waals surface area contributed by atoms with Crippen LogP contribution in [0.25, 0.3) is 0 Å². The van der Waals surface area contributed by atoms with Crippen LogP contribution in [0.4, 0.5) is 5.69 Å². The van der Waals surface area contributed by atoms with E-state index in [9.17, 15) is 14.9 Å². The summed E-state index contributed by atoms with van der Waals surface area (Å²) < 4.78 is 5.18. The Morgan fingerprint density at radius 3 is 2.50 bits per heavy atom. The average Bonchev–Trinajstić information content (AvgIpc) is 2.44. The van der Waals surface area contributed by atoms with E-state index in [1.54, 1.807) is 6.92 Å². The molecule has 0 saturated carbocycles. The van der Waals surface area contributed by atoms with E-state index in [1.165, 1.54) is 18.2 Å². The summed E-state index contributed by atoms with van der Waals surface area (Å²) in [5.41, 5.74) is 0.0797. The highest BCUT2D eigenvalue weighted by molar-refractivity contribution is 5.95. The normalized spacial score (nSPS) is 10.4. The summed E-state index contributed by atoms with van der Waals surface area (Å²) in [6, 6.07) is 4.33. The molecule has 1 aromatic rings. The van der Waals surface area contributed by atoms with Gasteiger partial charge in [0.2, 0.25) is 0 Å². The lowest BCUT2D eigenvalue weighted by atomic mass is 10.1. The Morgan fingerprint density at radius 1 is 1.35 bits per heavy atom. The molecular formula is C14H20N2O4. The van der Waals surface area contributed by atoms with Crippen LogP contribution >= 0.6 is 0 Å². The summed E-state index contributed by atoms with van der Waals surface area (Å²) in [6.07, 6.45) is 1.64. The van der Waals surface area contributed by atoms with Crippen molar-refractivity contribution in [3.8, 4) is 5.75 Å². The molecular weight excluding hydrogens is 260 g/mol. The number of ether oxygens (including phenoxy) is 1. The molecule has 0 fully saturated rings. The van der Waals surface area contributed by atoms with E-state index in [0.29, 0.717) is 6.61 Å². The van der Waals surface area contributed by atoms with Crippen LogP contribution in [-0.4, -0.2) is 23.5 Å². The number of rotatable bonds is 7. The van der Waals surface area contributed by atoms with Crippen molar-refractivity contribution in [3.63, 3.8) is 0 Å². The average molecular weight is 280 g/mol. The number of amides is 1. The minimum absolute atomic E-state index is 0.0770. The summed E-state index contributed by atoms with van der Waals surface area (Å²) in [5, 5.41) is 13.8. The summed E-state index contributed by atoms with van der Waals surface area (Å²) in [6.45, 7) is 6.04. The lowest BCUT2D eigenvalue weighted by molar-refractivity contribution is -0.385. The summed E-state index contributed by atoms with van der Waals surface area (Å²) in [5.74, 6) is -0.124. The molecule has 110 valence electrons. The van der Waals surface area contributed by atoms with E-state index in [1.807, 2.05) is 13.8 Å². The Balaban J connectivity index is 2.99.